The summed E-state index contributed by atoms with van der Waals surface area (Å²) in [7, 11) is -4.55. The first kappa shape index (κ1) is 14.7. The van der Waals surface area contributed by atoms with Crippen LogP contribution < -0.4 is 5.73 Å². The van der Waals surface area contributed by atoms with E-state index < -0.39 is 15.9 Å². The Kier molecular flexibility index (Phi) is 4.20. The summed E-state index contributed by atoms with van der Waals surface area (Å²) in [6.45, 7) is -0.389. The average molecular weight is 293 g/mol. The number of nitrogens with two attached hydrogens (primary N) is 1. The third-order valence-electron chi connectivity index (χ3n) is 3.01. The highest BCUT2D eigenvalue weighted by Crippen LogP contribution is 2.27. The van der Waals surface area contributed by atoms with Gasteiger partial charge in [0.2, 0.25) is 0 Å². The van der Waals surface area contributed by atoms with Crippen LogP contribution in [0, 0.1) is 0 Å². The van der Waals surface area contributed by atoms with Gasteiger partial charge < -0.3 is 5.73 Å². The third kappa shape index (κ3) is 3.43. The molecule has 0 radical (unpaired) electrons. The van der Waals surface area contributed by atoms with Crippen LogP contribution in [-0.4, -0.2) is 19.6 Å². The van der Waals surface area contributed by atoms with Gasteiger partial charge in [-0.1, -0.05) is 60.7 Å². The van der Waals surface area contributed by atoms with E-state index in [1.54, 1.807) is 48.5 Å². The SMILES string of the molecule is NC(COS(=O)(=O)O)(c1ccccc1)c1ccccc1. The molecule has 0 spiro atoms. The first-order valence-corrected chi connectivity index (χ1v) is 7.30. The molecule has 0 unspecified atom stereocenters. The van der Waals surface area contributed by atoms with Gasteiger partial charge in [0.25, 0.3) is 0 Å². The summed E-state index contributed by atoms with van der Waals surface area (Å²) in [4.78, 5) is 0. The molecule has 0 fully saturated rings. The standard InChI is InChI=1S/C14H15NO4S/c15-14(11-19-20(16,17)18,12-7-3-1-4-8-12)13-9-5-2-6-10-13/h1-10H,11,15H2,(H,16,17,18). The highest BCUT2D eigenvalue weighted by atomic mass is 32.3. The minimum atomic E-state index is -4.55. The first-order valence-electron chi connectivity index (χ1n) is 5.93. The van der Waals surface area contributed by atoms with E-state index in [1.165, 1.54) is 0 Å². The molecule has 0 saturated carbocycles. The van der Waals surface area contributed by atoms with Crippen molar-refractivity contribution in [3.8, 4) is 0 Å². The van der Waals surface area contributed by atoms with Gasteiger partial charge in [-0.25, -0.2) is 4.18 Å². The highest BCUT2D eigenvalue weighted by Gasteiger charge is 2.31. The topological polar surface area (TPSA) is 89.6 Å². The second-order valence-electron chi connectivity index (χ2n) is 4.39. The fraction of sp³-hybridized carbons (Fsp3) is 0.143. The summed E-state index contributed by atoms with van der Waals surface area (Å²) in [5.41, 5.74) is 6.56. The zero-order chi connectivity index (χ0) is 14.6. The van der Waals surface area contributed by atoms with Crippen LogP contribution in [-0.2, 0) is 20.1 Å². The lowest BCUT2D eigenvalue weighted by Crippen LogP contribution is -2.43. The molecule has 20 heavy (non-hydrogen) atoms. The molecular formula is C14H15NO4S. The van der Waals surface area contributed by atoms with Gasteiger partial charge in [-0.3, -0.25) is 4.55 Å². The maximum Gasteiger partial charge on any atom is 0.397 e. The zero-order valence-electron chi connectivity index (χ0n) is 10.6. The molecule has 0 bridgehead atoms. The Bertz CT molecular complexity index is 617. The predicted octanol–water partition coefficient (Wildman–Crippen LogP) is 1.71. The van der Waals surface area contributed by atoms with E-state index in [4.69, 9.17) is 10.3 Å². The number of hydrogen-bond donors (Lipinski definition) is 2. The van der Waals surface area contributed by atoms with E-state index >= 15 is 0 Å². The van der Waals surface area contributed by atoms with Gasteiger partial charge in [-0.05, 0) is 11.1 Å². The molecule has 2 aromatic carbocycles. The minimum absolute atomic E-state index is 0.389. The molecule has 0 aromatic heterocycles. The maximum absolute atomic E-state index is 10.8. The molecule has 106 valence electrons. The first-order chi connectivity index (χ1) is 9.42. The Hall–Kier alpha value is -1.73. The zero-order valence-corrected chi connectivity index (χ0v) is 11.5. The summed E-state index contributed by atoms with van der Waals surface area (Å²) >= 11 is 0. The van der Waals surface area contributed by atoms with Crippen LogP contribution in [0.1, 0.15) is 11.1 Å². The van der Waals surface area contributed by atoms with Gasteiger partial charge >= 0.3 is 10.4 Å². The summed E-state index contributed by atoms with van der Waals surface area (Å²) in [6.07, 6.45) is 0. The molecule has 0 heterocycles. The molecule has 2 rings (SSSR count). The van der Waals surface area contributed by atoms with Crippen molar-refractivity contribution in [3.63, 3.8) is 0 Å². The molecule has 0 atom stereocenters. The van der Waals surface area contributed by atoms with Crippen molar-refractivity contribution in [1.29, 1.82) is 0 Å². The lowest BCUT2D eigenvalue weighted by Gasteiger charge is -2.29. The van der Waals surface area contributed by atoms with Crippen LogP contribution in [0.4, 0.5) is 0 Å². The molecular weight excluding hydrogens is 278 g/mol. The Balaban J connectivity index is 2.44. The molecule has 6 heteroatoms. The number of rotatable bonds is 5. The third-order valence-corrected chi connectivity index (χ3v) is 3.43. The van der Waals surface area contributed by atoms with E-state index in [-0.39, 0.29) is 6.61 Å². The Morgan fingerprint density at radius 3 is 1.70 bits per heavy atom. The molecule has 0 amide bonds. The lowest BCUT2D eigenvalue weighted by molar-refractivity contribution is 0.219. The van der Waals surface area contributed by atoms with Crippen molar-refractivity contribution in [2.45, 2.75) is 5.54 Å². The fourth-order valence-electron chi connectivity index (χ4n) is 1.97. The minimum Gasteiger partial charge on any atom is -0.316 e. The van der Waals surface area contributed by atoms with Crippen molar-refractivity contribution in [1.82, 2.24) is 0 Å². The number of hydrogen-bond acceptors (Lipinski definition) is 4. The van der Waals surface area contributed by atoms with Gasteiger partial charge in [-0.15, -0.1) is 0 Å². The molecule has 0 aliphatic carbocycles. The van der Waals surface area contributed by atoms with Crippen LogP contribution in [0.25, 0.3) is 0 Å². The maximum atomic E-state index is 10.8. The van der Waals surface area contributed by atoms with Gasteiger partial charge in [0.05, 0.1) is 12.1 Å². The van der Waals surface area contributed by atoms with E-state index in [9.17, 15) is 8.42 Å². The van der Waals surface area contributed by atoms with Crippen LogP contribution in [0.2, 0.25) is 0 Å². The van der Waals surface area contributed by atoms with Gasteiger partial charge in [0, 0.05) is 0 Å². The van der Waals surface area contributed by atoms with E-state index in [1.807, 2.05) is 12.1 Å². The summed E-state index contributed by atoms with van der Waals surface area (Å²) in [6, 6.07) is 18.0. The Labute approximate surface area is 118 Å². The monoisotopic (exact) mass is 293 g/mol. The van der Waals surface area contributed by atoms with Crippen LogP contribution in [0.3, 0.4) is 0 Å². The largest absolute Gasteiger partial charge is 0.397 e. The van der Waals surface area contributed by atoms with E-state index in [2.05, 4.69) is 4.18 Å². The predicted molar refractivity (Wildman–Crippen MR) is 75.4 cm³/mol. The Morgan fingerprint density at radius 1 is 0.950 bits per heavy atom. The quantitative estimate of drug-likeness (QED) is 0.819. The molecule has 0 saturated heterocycles. The summed E-state index contributed by atoms with van der Waals surface area (Å²) in [5, 5.41) is 0. The summed E-state index contributed by atoms with van der Waals surface area (Å²) in [5.74, 6) is 0. The van der Waals surface area contributed by atoms with Crippen molar-refractivity contribution < 1.29 is 17.2 Å². The van der Waals surface area contributed by atoms with Gasteiger partial charge in [0.1, 0.15) is 0 Å². The second-order valence-corrected chi connectivity index (χ2v) is 5.48. The van der Waals surface area contributed by atoms with Gasteiger partial charge in [-0.2, -0.15) is 8.42 Å². The molecule has 5 nitrogen and oxygen atoms in total. The highest BCUT2D eigenvalue weighted by molar-refractivity contribution is 7.80. The van der Waals surface area contributed by atoms with Crippen LogP contribution in [0.15, 0.2) is 60.7 Å². The van der Waals surface area contributed by atoms with Gasteiger partial charge in [0.15, 0.2) is 0 Å². The number of benzene rings is 2. The smallest absolute Gasteiger partial charge is 0.316 e. The average Bonchev–Trinajstić information content (AvgIpc) is 2.46. The van der Waals surface area contributed by atoms with Crippen molar-refractivity contribution in [2.75, 3.05) is 6.61 Å². The molecule has 3 N–H and O–H groups in total. The van der Waals surface area contributed by atoms with Crippen LogP contribution in [0.5, 0.6) is 0 Å². The van der Waals surface area contributed by atoms with Crippen molar-refractivity contribution >= 4 is 10.4 Å². The van der Waals surface area contributed by atoms with E-state index in [0.717, 1.165) is 0 Å². The molecule has 2 aromatic rings. The lowest BCUT2D eigenvalue weighted by atomic mass is 9.84. The fourth-order valence-corrected chi connectivity index (χ4v) is 2.31. The molecule has 0 aliphatic rings. The Morgan fingerprint density at radius 2 is 1.35 bits per heavy atom. The summed E-state index contributed by atoms with van der Waals surface area (Å²) < 4.78 is 34.9. The van der Waals surface area contributed by atoms with Crippen molar-refractivity contribution in [3.05, 3.63) is 71.8 Å². The van der Waals surface area contributed by atoms with Crippen molar-refractivity contribution in [2.24, 2.45) is 5.73 Å². The van der Waals surface area contributed by atoms with Crippen LogP contribution >= 0.6 is 0 Å². The van der Waals surface area contributed by atoms with E-state index in [0.29, 0.717) is 11.1 Å². The second kappa shape index (κ2) is 5.72. The molecule has 0 aliphatic heterocycles. The normalized spacial score (nSPS) is 12.3.